The summed E-state index contributed by atoms with van der Waals surface area (Å²) in [7, 11) is 0.0638. The van der Waals surface area contributed by atoms with Crippen LogP contribution in [0.3, 0.4) is 0 Å². The molecule has 0 spiro atoms. The van der Waals surface area contributed by atoms with Gasteiger partial charge in [0.15, 0.2) is 17.1 Å². The number of likely N-dealkylation sites (tertiary alicyclic amines) is 1. The Morgan fingerprint density at radius 1 is 1.18 bits per heavy atom. The number of nitrogens with one attached hydrogen (secondary N) is 1. The molecule has 2 aromatic rings. The molecule has 45 heavy (non-hydrogen) atoms. The van der Waals surface area contributed by atoms with Gasteiger partial charge in [0.25, 0.3) is 5.91 Å². The van der Waals surface area contributed by atoms with Crippen molar-refractivity contribution in [2.45, 2.75) is 102 Å². The summed E-state index contributed by atoms with van der Waals surface area (Å²) in [5.41, 5.74) is -2.13. The number of amides is 2. The van der Waals surface area contributed by atoms with Crippen molar-refractivity contribution in [3.8, 4) is 17.1 Å². The van der Waals surface area contributed by atoms with E-state index in [2.05, 4.69) is 35.0 Å². The Morgan fingerprint density at radius 2 is 1.87 bits per heavy atom. The van der Waals surface area contributed by atoms with Crippen LogP contribution in [0.4, 0.5) is 17.6 Å². The summed E-state index contributed by atoms with van der Waals surface area (Å²) in [4.78, 5) is 32.2. The largest absolute Gasteiger partial charge is 0.481 e. The average molecular weight is 658 g/mol. The van der Waals surface area contributed by atoms with Gasteiger partial charge < -0.3 is 24.8 Å². The summed E-state index contributed by atoms with van der Waals surface area (Å²) in [6, 6.07) is 3.09. The summed E-state index contributed by atoms with van der Waals surface area (Å²) in [6.07, 6.45) is -3.78. The maximum absolute atomic E-state index is 14.9. The molecule has 250 valence electrons. The smallest absolute Gasteiger partial charge is 0.417 e. The number of rotatable bonds is 10. The van der Waals surface area contributed by atoms with E-state index in [0.29, 0.717) is 25.1 Å². The van der Waals surface area contributed by atoms with Crippen molar-refractivity contribution >= 4 is 19.9 Å². The molecule has 2 N–H and O–H groups in total. The highest BCUT2D eigenvalue weighted by Gasteiger charge is 2.54. The van der Waals surface area contributed by atoms with Gasteiger partial charge in [-0.15, -0.1) is 0 Å². The molecule has 1 saturated heterocycles. The Bertz CT molecular complexity index is 1360. The van der Waals surface area contributed by atoms with Crippen LogP contribution in [0, 0.1) is 11.7 Å². The molecular formula is C30H43F4N5O5Si. The fourth-order valence-electron chi connectivity index (χ4n) is 5.79. The SMILES string of the molecule is COc1cc(-c2cc(C(=O)N3CCC(C(=O)N[C@H]4CC[C@@](O)(C(F)(F)F)CC4)CC3C)nn2COCC[Si](C)(C)C)c(F)cn1. The quantitative estimate of drug-likeness (QED) is 0.210. The molecule has 2 amide bonds. The average Bonchev–Trinajstić information content (AvgIpc) is 3.39. The molecular weight excluding hydrogens is 614 g/mol. The predicted molar refractivity (Wildman–Crippen MR) is 161 cm³/mol. The summed E-state index contributed by atoms with van der Waals surface area (Å²) < 4.78 is 66.8. The van der Waals surface area contributed by atoms with Crippen molar-refractivity contribution in [3.63, 3.8) is 0 Å². The van der Waals surface area contributed by atoms with E-state index >= 15 is 0 Å². The zero-order chi connectivity index (χ0) is 33.2. The van der Waals surface area contributed by atoms with Gasteiger partial charge in [-0.1, -0.05) is 19.6 Å². The van der Waals surface area contributed by atoms with Crippen LogP contribution >= 0.6 is 0 Å². The number of hydrogen-bond acceptors (Lipinski definition) is 7. The van der Waals surface area contributed by atoms with E-state index in [1.807, 2.05) is 6.92 Å². The lowest BCUT2D eigenvalue weighted by Crippen LogP contribution is -2.53. The number of aliphatic hydroxyl groups is 1. The van der Waals surface area contributed by atoms with Gasteiger partial charge in [-0.05, 0) is 57.6 Å². The third-order valence-electron chi connectivity index (χ3n) is 8.72. The monoisotopic (exact) mass is 657 g/mol. The van der Waals surface area contributed by atoms with Gasteiger partial charge >= 0.3 is 6.18 Å². The predicted octanol–water partition coefficient (Wildman–Crippen LogP) is 5.00. The molecule has 0 aromatic carbocycles. The molecule has 10 nitrogen and oxygen atoms in total. The number of piperidine rings is 1. The van der Waals surface area contributed by atoms with Crippen molar-refractivity contribution in [2.24, 2.45) is 5.92 Å². The normalized spacial score (nSPS) is 24.4. The number of ether oxygens (including phenoxy) is 2. The first-order chi connectivity index (χ1) is 21.0. The fraction of sp³-hybridized carbons (Fsp3) is 0.667. The van der Waals surface area contributed by atoms with Crippen molar-refractivity contribution in [1.82, 2.24) is 25.0 Å². The lowest BCUT2D eigenvalue weighted by atomic mass is 9.81. The minimum atomic E-state index is -4.70. The summed E-state index contributed by atoms with van der Waals surface area (Å²) >= 11 is 0. The number of aromatic nitrogens is 3. The first-order valence-electron chi connectivity index (χ1n) is 15.3. The van der Waals surface area contributed by atoms with Crippen LogP contribution in [0.1, 0.15) is 55.9 Å². The molecule has 1 saturated carbocycles. The standard InChI is InChI=1S/C30H43F4N5O5Si/c1-19-14-20(27(40)36-21-6-9-29(42,10-7-21)30(32,33)34)8-11-38(19)28(41)24-16-25(22-15-26(43-2)35-17-23(22)31)39(37-24)18-44-12-13-45(3,4)5/h15-17,19-21,42H,6-14,18H2,1-5H3,(H,36,40)/t19?,20?,21-,29-. The van der Waals surface area contributed by atoms with Crippen LogP contribution in [0.25, 0.3) is 11.3 Å². The fourth-order valence-corrected chi connectivity index (χ4v) is 6.55. The zero-order valence-corrected chi connectivity index (χ0v) is 27.4. The number of alkyl halides is 3. The molecule has 1 aliphatic carbocycles. The molecule has 2 unspecified atom stereocenters. The summed E-state index contributed by atoms with van der Waals surface area (Å²) in [6.45, 7) is 9.29. The van der Waals surface area contributed by atoms with Crippen molar-refractivity contribution in [3.05, 3.63) is 29.8 Å². The third-order valence-corrected chi connectivity index (χ3v) is 10.4. The van der Waals surface area contributed by atoms with Crippen LogP contribution in [-0.2, 0) is 16.3 Å². The second-order valence-electron chi connectivity index (χ2n) is 13.3. The number of nitrogens with zero attached hydrogens (tertiary/aromatic N) is 4. The maximum atomic E-state index is 14.9. The minimum absolute atomic E-state index is 0.0104. The van der Waals surface area contributed by atoms with Crippen molar-refractivity contribution in [1.29, 1.82) is 0 Å². The second kappa shape index (κ2) is 13.8. The number of carbonyl (C=O) groups is 2. The van der Waals surface area contributed by atoms with Gasteiger partial charge in [0.05, 0.1) is 19.0 Å². The molecule has 0 radical (unpaired) electrons. The van der Waals surface area contributed by atoms with Gasteiger partial charge in [0.2, 0.25) is 11.8 Å². The Labute approximate surface area is 261 Å². The van der Waals surface area contributed by atoms with E-state index in [4.69, 9.17) is 9.47 Å². The van der Waals surface area contributed by atoms with Crippen LogP contribution in [0.2, 0.25) is 25.7 Å². The Morgan fingerprint density at radius 3 is 2.47 bits per heavy atom. The van der Waals surface area contributed by atoms with E-state index in [0.717, 1.165) is 12.2 Å². The first-order valence-corrected chi connectivity index (χ1v) is 19.0. The van der Waals surface area contributed by atoms with Crippen molar-refractivity contribution in [2.75, 3.05) is 20.3 Å². The van der Waals surface area contributed by atoms with E-state index < -0.39 is 50.5 Å². The van der Waals surface area contributed by atoms with Crippen LogP contribution in [0.5, 0.6) is 5.88 Å². The molecule has 2 aliphatic rings. The molecule has 1 aliphatic heterocycles. The lowest BCUT2D eigenvalue weighted by molar-refractivity contribution is -0.270. The van der Waals surface area contributed by atoms with Gasteiger partial charge in [-0.25, -0.2) is 14.1 Å². The number of hydrogen-bond donors (Lipinski definition) is 2. The lowest BCUT2D eigenvalue weighted by Gasteiger charge is -2.39. The van der Waals surface area contributed by atoms with E-state index in [9.17, 15) is 32.3 Å². The van der Waals surface area contributed by atoms with Gasteiger partial charge in [-0.3, -0.25) is 9.59 Å². The number of carbonyl (C=O) groups excluding carboxylic acids is 2. The Balaban J connectivity index is 1.43. The molecule has 3 heterocycles. The maximum Gasteiger partial charge on any atom is 0.417 e. The first kappa shape index (κ1) is 34.8. The van der Waals surface area contributed by atoms with Crippen LogP contribution in [0.15, 0.2) is 18.3 Å². The number of halogens is 4. The zero-order valence-electron chi connectivity index (χ0n) is 26.4. The number of methoxy groups -OCH3 is 1. The van der Waals surface area contributed by atoms with E-state index in [-0.39, 0.29) is 61.1 Å². The van der Waals surface area contributed by atoms with Crippen LogP contribution < -0.4 is 10.1 Å². The highest BCUT2D eigenvalue weighted by Crippen LogP contribution is 2.41. The molecule has 4 rings (SSSR count). The number of pyridine rings is 1. The topological polar surface area (TPSA) is 119 Å². The van der Waals surface area contributed by atoms with Crippen molar-refractivity contribution < 1.29 is 41.7 Å². The molecule has 15 heteroatoms. The molecule has 2 aromatic heterocycles. The van der Waals surface area contributed by atoms with Crippen LogP contribution in [-0.4, -0.2) is 88.8 Å². The summed E-state index contributed by atoms with van der Waals surface area (Å²) in [5.74, 6) is -1.47. The molecule has 2 fully saturated rings. The van der Waals surface area contributed by atoms with Gasteiger partial charge in [0, 0.05) is 50.9 Å². The molecule has 0 bridgehead atoms. The highest BCUT2D eigenvalue weighted by molar-refractivity contribution is 6.76. The van der Waals surface area contributed by atoms with Gasteiger partial charge in [-0.2, -0.15) is 18.3 Å². The minimum Gasteiger partial charge on any atom is -0.481 e. The Kier molecular flexibility index (Phi) is 10.6. The van der Waals surface area contributed by atoms with E-state index in [1.54, 1.807) is 4.90 Å². The highest BCUT2D eigenvalue weighted by atomic mass is 28.3. The third kappa shape index (κ3) is 8.41. The Hall–Kier alpha value is -3.04. The molecule has 2 atom stereocenters. The van der Waals surface area contributed by atoms with Gasteiger partial charge in [0.1, 0.15) is 6.73 Å². The van der Waals surface area contributed by atoms with E-state index in [1.165, 1.54) is 23.9 Å². The second-order valence-corrected chi connectivity index (χ2v) is 19.0. The summed E-state index contributed by atoms with van der Waals surface area (Å²) in [5, 5.41) is 17.3.